The highest BCUT2D eigenvalue weighted by molar-refractivity contribution is 6.30. The van der Waals surface area contributed by atoms with Gasteiger partial charge in [-0.15, -0.1) is 0 Å². The van der Waals surface area contributed by atoms with Gasteiger partial charge in [-0.1, -0.05) is 54.1 Å². The number of aromatic nitrogens is 3. The predicted octanol–water partition coefficient (Wildman–Crippen LogP) is 6.54. The second-order valence-electron chi connectivity index (χ2n) is 7.79. The number of esters is 1. The maximum Gasteiger partial charge on any atom is 0.338 e. The highest BCUT2D eigenvalue weighted by Crippen LogP contribution is 2.33. The molecule has 0 N–H and O–H groups in total. The minimum Gasteiger partial charge on any atom is -0.465 e. The van der Waals surface area contributed by atoms with E-state index in [0.717, 1.165) is 44.7 Å². The zero-order valence-corrected chi connectivity index (χ0v) is 18.5. The molecule has 0 aliphatic carbocycles. The van der Waals surface area contributed by atoms with Gasteiger partial charge in [0.15, 0.2) is 0 Å². The number of benzene rings is 4. The SMILES string of the molecule is COC(=O)c1ccccc1-c1ccc2c(c1)n1c3ccccc3nc1n2-c1cccc(Cl)c1. The molecule has 4 aromatic carbocycles. The normalized spacial score (nSPS) is 11.5. The molecule has 0 saturated heterocycles. The van der Waals surface area contributed by atoms with E-state index in [1.54, 1.807) is 6.07 Å². The Hall–Kier alpha value is -4.09. The van der Waals surface area contributed by atoms with E-state index in [2.05, 4.69) is 27.2 Å². The van der Waals surface area contributed by atoms with Crippen LogP contribution in [0.15, 0.2) is 91.0 Å². The quantitative estimate of drug-likeness (QED) is 0.287. The lowest BCUT2D eigenvalue weighted by Gasteiger charge is -2.09. The Balaban J connectivity index is 1.71. The number of nitrogens with zero attached hydrogens (tertiary/aromatic N) is 3. The van der Waals surface area contributed by atoms with Crippen LogP contribution in [0.5, 0.6) is 0 Å². The van der Waals surface area contributed by atoms with Gasteiger partial charge in [-0.3, -0.25) is 8.97 Å². The first-order valence-electron chi connectivity index (χ1n) is 10.5. The van der Waals surface area contributed by atoms with E-state index in [4.69, 9.17) is 21.3 Å². The Morgan fingerprint density at radius 3 is 2.52 bits per heavy atom. The number of ether oxygens (including phenoxy) is 1. The van der Waals surface area contributed by atoms with Crippen LogP contribution in [0.4, 0.5) is 0 Å². The van der Waals surface area contributed by atoms with E-state index in [9.17, 15) is 4.79 Å². The van der Waals surface area contributed by atoms with E-state index in [1.807, 2.05) is 66.7 Å². The molecule has 2 heterocycles. The van der Waals surface area contributed by atoms with Gasteiger partial charge >= 0.3 is 5.97 Å². The topological polar surface area (TPSA) is 48.5 Å². The summed E-state index contributed by atoms with van der Waals surface area (Å²) in [5, 5.41) is 0.659. The van der Waals surface area contributed by atoms with E-state index in [0.29, 0.717) is 10.6 Å². The maximum atomic E-state index is 12.4. The Bertz CT molecular complexity index is 1700. The van der Waals surface area contributed by atoms with Crippen molar-refractivity contribution in [2.24, 2.45) is 0 Å². The fourth-order valence-corrected chi connectivity index (χ4v) is 4.64. The molecule has 0 unspecified atom stereocenters. The van der Waals surface area contributed by atoms with E-state index < -0.39 is 0 Å². The Morgan fingerprint density at radius 1 is 0.848 bits per heavy atom. The van der Waals surface area contributed by atoms with Crippen LogP contribution in [0.3, 0.4) is 0 Å². The lowest BCUT2D eigenvalue weighted by atomic mass is 9.99. The highest BCUT2D eigenvalue weighted by Gasteiger charge is 2.19. The fourth-order valence-electron chi connectivity index (χ4n) is 4.46. The van der Waals surface area contributed by atoms with E-state index in [1.165, 1.54) is 7.11 Å². The Kier molecular flexibility index (Phi) is 4.45. The van der Waals surface area contributed by atoms with Gasteiger partial charge in [-0.25, -0.2) is 9.78 Å². The van der Waals surface area contributed by atoms with Gasteiger partial charge in [-0.05, 0) is 59.7 Å². The van der Waals surface area contributed by atoms with Gasteiger partial charge in [0, 0.05) is 5.02 Å². The van der Waals surface area contributed by atoms with Crippen molar-refractivity contribution in [3.8, 4) is 16.8 Å². The predicted molar refractivity (Wildman–Crippen MR) is 131 cm³/mol. The van der Waals surface area contributed by atoms with Crippen molar-refractivity contribution in [2.45, 2.75) is 0 Å². The van der Waals surface area contributed by atoms with Gasteiger partial charge in [-0.2, -0.15) is 0 Å². The molecular formula is C27H18ClN3O2. The third kappa shape index (κ3) is 3.01. The summed E-state index contributed by atoms with van der Waals surface area (Å²) in [5.41, 5.74) is 7.09. The van der Waals surface area contributed by atoms with Crippen LogP contribution in [-0.4, -0.2) is 27.0 Å². The van der Waals surface area contributed by atoms with Crippen LogP contribution in [0.25, 0.3) is 44.7 Å². The molecule has 0 aliphatic heterocycles. The molecule has 0 saturated carbocycles. The van der Waals surface area contributed by atoms with Crippen molar-refractivity contribution < 1.29 is 9.53 Å². The summed E-state index contributed by atoms with van der Waals surface area (Å²) in [6.07, 6.45) is 0. The number of methoxy groups -OCH3 is 1. The Labute approximate surface area is 194 Å². The van der Waals surface area contributed by atoms with Crippen molar-refractivity contribution in [2.75, 3.05) is 7.11 Å². The number of hydrogen-bond acceptors (Lipinski definition) is 3. The molecular weight excluding hydrogens is 434 g/mol. The highest BCUT2D eigenvalue weighted by atomic mass is 35.5. The smallest absolute Gasteiger partial charge is 0.338 e. The van der Waals surface area contributed by atoms with Gasteiger partial charge in [0.2, 0.25) is 5.78 Å². The van der Waals surface area contributed by atoms with E-state index >= 15 is 0 Å². The van der Waals surface area contributed by atoms with Crippen LogP contribution in [0, 0.1) is 0 Å². The lowest BCUT2D eigenvalue weighted by Crippen LogP contribution is -2.03. The van der Waals surface area contributed by atoms with Crippen molar-refractivity contribution in [3.63, 3.8) is 0 Å². The molecule has 0 radical (unpaired) electrons. The Morgan fingerprint density at radius 2 is 1.67 bits per heavy atom. The molecule has 0 fully saturated rings. The largest absolute Gasteiger partial charge is 0.465 e. The molecule has 0 spiro atoms. The average molecular weight is 452 g/mol. The third-order valence-corrected chi connectivity index (χ3v) is 6.15. The molecule has 2 aromatic heterocycles. The third-order valence-electron chi connectivity index (χ3n) is 5.91. The first-order valence-corrected chi connectivity index (χ1v) is 10.9. The van der Waals surface area contributed by atoms with Crippen LogP contribution in [-0.2, 0) is 4.74 Å². The summed E-state index contributed by atoms with van der Waals surface area (Å²) < 4.78 is 9.26. The lowest BCUT2D eigenvalue weighted by molar-refractivity contribution is 0.0601. The number of fused-ring (bicyclic) bond motifs is 5. The van der Waals surface area contributed by atoms with Gasteiger partial charge in [0.1, 0.15) is 0 Å². The zero-order chi connectivity index (χ0) is 22.5. The van der Waals surface area contributed by atoms with Gasteiger partial charge in [0.05, 0.1) is 40.4 Å². The number of para-hydroxylation sites is 2. The summed E-state index contributed by atoms with van der Waals surface area (Å²) in [4.78, 5) is 17.3. The summed E-state index contributed by atoms with van der Waals surface area (Å²) in [7, 11) is 1.40. The number of rotatable bonds is 3. The minimum absolute atomic E-state index is 0.361. The zero-order valence-electron chi connectivity index (χ0n) is 17.7. The van der Waals surface area contributed by atoms with Crippen LogP contribution in [0.2, 0.25) is 5.02 Å². The second kappa shape index (κ2) is 7.50. The van der Waals surface area contributed by atoms with Crippen molar-refractivity contribution >= 4 is 45.4 Å². The fraction of sp³-hybridized carbons (Fsp3) is 0.0370. The molecule has 6 aromatic rings. The molecule has 0 amide bonds. The van der Waals surface area contributed by atoms with Crippen LogP contribution < -0.4 is 0 Å². The number of halogens is 1. The monoisotopic (exact) mass is 451 g/mol. The summed E-state index contributed by atoms with van der Waals surface area (Å²) in [6, 6.07) is 29.5. The van der Waals surface area contributed by atoms with Crippen LogP contribution >= 0.6 is 11.6 Å². The van der Waals surface area contributed by atoms with E-state index in [-0.39, 0.29) is 5.97 Å². The first-order chi connectivity index (χ1) is 16.2. The molecule has 5 nitrogen and oxygen atoms in total. The molecule has 0 atom stereocenters. The maximum absolute atomic E-state index is 12.4. The number of carbonyl (C=O) groups excluding carboxylic acids is 1. The minimum atomic E-state index is -0.361. The second-order valence-corrected chi connectivity index (χ2v) is 8.23. The van der Waals surface area contributed by atoms with Crippen molar-refractivity contribution in [1.82, 2.24) is 14.0 Å². The number of hydrogen-bond donors (Lipinski definition) is 0. The molecule has 33 heavy (non-hydrogen) atoms. The first kappa shape index (κ1) is 19.6. The molecule has 6 rings (SSSR count). The average Bonchev–Trinajstić information content (AvgIpc) is 3.37. The molecule has 0 bridgehead atoms. The molecule has 6 heteroatoms. The number of imidazole rings is 2. The summed E-state index contributed by atoms with van der Waals surface area (Å²) >= 11 is 6.32. The van der Waals surface area contributed by atoms with Gasteiger partial charge in [0.25, 0.3) is 0 Å². The molecule has 0 aliphatic rings. The van der Waals surface area contributed by atoms with Gasteiger partial charge < -0.3 is 4.74 Å². The van der Waals surface area contributed by atoms with Crippen molar-refractivity contribution in [3.05, 3.63) is 102 Å². The standard InChI is InChI=1S/C27H18ClN3O2/c1-33-26(32)21-10-3-2-9-20(21)17-13-14-24-25(15-17)31-23-12-5-4-11-22(23)29-27(31)30(24)19-8-6-7-18(28)16-19/h2-16H,1H3. The van der Waals surface area contributed by atoms with Crippen LogP contribution in [0.1, 0.15) is 10.4 Å². The summed E-state index contributed by atoms with van der Waals surface area (Å²) in [6.45, 7) is 0. The number of carbonyl (C=O) groups is 1. The van der Waals surface area contributed by atoms with Crippen molar-refractivity contribution in [1.29, 1.82) is 0 Å². The summed E-state index contributed by atoms with van der Waals surface area (Å²) in [5.74, 6) is 0.437. The molecule has 160 valence electrons.